The van der Waals surface area contributed by atoms with E-state index in [4.69, 9.17) is 4.74 Å². The van der Waals surface area contributed by atoms with Gasteiger partial charge in [-0.15, -0.1) is 0 Å². The normalized spacial score (nSPS) is 20.0. The van der Waals surface area contributed by atoms with Crippen LogP contribution in [-0.4, -0.2) is 30.8 Å². The number of methoxy groups -OCH3 is 1. The number of rotatable bonds is 6. The Bertz CT molecular complexity index is 408. The van der Waals surface area contributed by atoms with Gasteiger partial charge in [0.1, 0.15) is 0 Å². The number of hydrogen-bond acceptors (Lipinski definition) is 3. The molecule has 0 bridgehead atoms. The second-order valence-corrected chi connectivity index (χ2v) is 6.24. The topological polar surface area (TPSA) is 34.1 Å². The largest absolute Gasteiger partial charge is 0.377 e. The van der Waals surface area contributed by atoms with Crippen LogP contribution in [0.15, 0.2) is 18.3 Å². The molecule has 21 heavy (non-hydrogen) atoms. The number of ether oxygens (including phenoxy) is 1. The lowest BCUT2D eigenvalue weighted by molar-refractivity contribution is -0.0511. The van der Waals surface area contributed by atoms with Crippen LogP contribution in [0.25, 0.3) is 0 Å². The zero-order valence-corrected chi connectivity index (χ0v) is 13.8. The minimum absolute atomic E-state index is 0.0314. The molecular weight excluding hydrogens is 260 g/mol. The number of pyridine rings is 1. The van der Waals surface area contributed by atoms with Crippen LogP contribution in [0.1, 0.15) is 56.7 Å². The highest BCUT2D eigenvalue weighted by Gasteiger charge is 2.38. The van der Waals surface area contributed by atoms with Crippen LogP contribution in [0.4, 0.5) is 0 Å². The molecule has 1 aliphatic rings. The Hall–Kier alpha value is -0.930. The summed E-state index contributed by atoms with van der Waals surface area (Å²) in [6, 6.07) is 4.70. The molecule has 3 nitrogen and oxygen atoms in total. The molecule has 0 radical (unpaired) electrons. The average molecular weight is 290 g/mol. The molecule has 118 valence electrons. The molecule has 0 aromatic carbocycles. The maximum Gasteiger partial charge on any atom is 0.0834 e. The molecule has 0 spiro atoms. The van der Waals surface area contributed by atoms with Crippen LogP contribution in [0.2, 0.25) is 0 Å². The van der Waals surface area contributed by atoms with Crippen molar-refractivity contribution >= 4 is 0 Å². The summed E-state index contributed by atoms with van der Waals surface area (Å²) in [7, 11) is 3.93. The summed E-state index contributed by atoms with van der Waals surface area (Å²) in [5, 5.41) is 3.50. The zero-order valence-electron chi connectivity index (χ0n) is 13.8. The summed E-state index contributed by atoms with van der Waals surface area (Å²) < 4.78 is 6.04. The fourth-order valence-corrected chi connectivity index (χ4v) is 3.57. The third-order valence-corrected chi connectivity index (χ3v) is 5.05. The third kappa shape index (κ3) is 4.04. The number of likely N-dealkylation sites (N-methyl/N-ethyl adjacent to an activating group) is 1. The fourth-order valence-electron chi connectivity index (χ4n) is 3.57. The summed E-state index contributed by atoms with van der Waals surface area (Å²) in [4.78, 5) is 4.63. The van der Waals surface area contributed by atoms with E-state index in [1.54, 1.807) is 0 Å². The van der Waals surface area contributed by atoms with Crippen molar-refractivity contribution in [3.05, 3.63) is 29.6 Å². The molecule has 1 N–H and O–H groups in total. The summed E-state index contributed by atoms with van der Waals surface area (Å²) in [6.07, 6.45) is 11.5. The first kappa shape index (κ1) is 16.4. The van der Waals surface area contributed by atoms with Gasteiger partial charge in [0.15, 0.2) is 0 Å². The van der Waals surface area contributed by atoms with Crippen LogP contribution in [0.3, 0.4) is 0 Å². The van der Waals surface area contributed by atoms with E-state index >= 15 is 0 Å². The van der Waals surface area contributed by atoms with Crippen molar-refractivity contribution < 1.29 is 4.74 Å². The number of nitrogens with zero attached hydrogens (tertiary/aromatic N) is 1. The maximum atomic E-state index is 6.04. The SMILES string of the molecule is CCc1ccc(CC(NC)C2(OC)CCCCCC2)nc1. The van der Waals surface area contributed by atoms with Crippen molar-refractivity contribution in [2.24, 2.45) is 0 Å². The fraction of sp³-hybridized carbons (Fsp3) is 0.722. The van der Waals surface area contributed by atoms with Crippen LogP contribution in [0, 0.1) is 0 Å². The molecule has 1 unspecified atom stereocenters. The van der Waals surface area contributed by atoms with E-state index in [1.165, 1.54) is 31.2 Å². The number of nitrogens with one attached hydrogen (secondary N) is 1. The molecule has 0 saturated heterocycles. The Morgan fingerprint density at radius 3 is 2.43 bits per heavy atom. The van der Waals surface area contributed by atoms with Gasteiger partial charge in [-0.1, -0.05) is 38.7 Å². The molecule has 1 heterocycles. The van der Waals surface area contributed by atoms with Crippen molar-refractivity contribution in [2.45, 2.75) is 69.9 Å². The van der Waals surface area contributed by atoms with Crippen LogP contribution >= 0.6 is 0 Å². The average Bonchev–Trinajstić information content (AvgIpc) is 2.79. The Morgan fingerprint density at radius 1 is 1.24 bits per heavy atom. The number of aryl methyl sites for hydroxylation is 1. The Morgan fingerprint density at radius 2 is 1.95 bits per heavy atom. The quantitative estimate of drug-likeness (QED) is 0.814. The van der Waals surface area contributed by atoms with Crippen LogP contribution in [-0.2, 0) is 17.6 Å². The molecule has 1 saturated carbocycles. The van der Waals surface area contributed by atoms with Gasteiger partial charge in [0, 0.05) is 31.5 Å². The van der Waals surface area contributed by atoms with E-state index < -0.39 is 0 Å². The van der Waals surface area contributed by atoms with Crippen molar-refractivity contribution in [3.63, 3.8) is 0 Å². The van der Waals surface area contributed by atoms with Crippen molar-refractivity contribution in [1.82, 2.24) is 10.3 Å². The monoisotopic (exact) mass is 290 g/mol. The van der Waals surface area contributed by atoms with Crippen molar-refractivity contribution in [1.29, 1.82) is 0 Å². The van der Waals surface area contributed by atoms with Gasteiger partial charge in [-0.3, -0.25) is 4.98 Å². The summed E-state index contributed by atoms with van der Waals surface area (Å²) in [5.74, 6) is 0. The van der Waals surface area contributed by atoms with Gasteiger partial charge in [0.2, 0.25) is 0 Å². The highest BCUT2D eigenvalue weighted by Crippen LogP contribution is 2.34. The predicted octanol–water partition coefficient (Wildman–Crippen LogP) is 3.51. The first-order valence-electron chi connectivity index (χ1n) is 8.40. The lowest BCUT2D eigenvalue weighted by atomic mass is 9.83. The highest BCUT2D eigenvalue weighted by molar-refractivity contribution is 5.15. The Kier molecular flexibility index (Phi) is 6.19. The van der Waals surface area contributed by atoms with Gasteiger partial charge in [-0.05, 0) is 37.9 Å². The predicted molar refractivity (Wildman–Crippen MR) is 87.6 cm³/mol. The van der Waals surface area contributed by atoms with Crippen LogP contribution in [0.5, 0.6) is 0 Å². The minimum atomic E-state index is -0.0314. The molecule has 1 aromatic heterocycles. The highest BCUT2D eigenvalue weighted by atomic mass is 16.5. The molecule has 2 rings (SSSR count). The molecule has 0 amide bonds. The van der Waals surface area contributed by atoms with E-state index in [2.05, 4.69) is 36.4 Å². The standard InChI is InChI=1S/C18H30N2O/c1-4-15-9-10-16(20-14-15)13-17(19-2)18(21-3)11-7-5-6-8-12-18/h9-10,14,17,19H,4-8,11-13H2,1-3H3. The van der Waals surface area contributed by atoms with Crippen molar-refractivity contribution in [3.8, 4) is 0 Å². The molecule has 1 aliphatic carbocycles. The van der Waals surface area contributed by atoms with Gasteiger partial charge >= 0.3 is 0 Å². The smallest absolute Gasteiger partial charge is 0.0834 e. The van der Waals surface area contributed by atoms with Crippen LogP contribution < -0.4 is 5.32 Å². The summed E-state index contributed by atoms with van der Waals surface area (Å²) in [6.45, 7) is 2.17. The second kappa shape index (κ2) is 7.90. The first-order chi connectivity index (χ1) is 10.2. The van der Waals surface area contributed by atoms with Gasteiger partial charge in [0.25, 0.3) is 0 Å². The van der Waals surface area contributed by atoms with Gasteiger partial charge in [0.05, 0.1) is 5.60 Å². The van der Waals surface area contributed by atoms with E-state index in [1.807, 2.05) is 13.3 Å². The van der Waals surface area contributed by atoms with E-state index in [0.29, 0.717) is 6.04 Å². The molecule has 3 heteroatoms. The van der Waals surface area contributed by atoms with Gasteiger partial charge < -0.3 is 10.1 Å². The maximum absolute atomic E-state index is 6.04. The number of hydrogen-bond donors (Lipinski definition) is 1. The van der Waals surface area contributed by atoms with Gasteiger partial charge in [-0.2, -0.15) is 0 Å². The molecular formula is C18H30N2O. The van der Waals surface area contributed by atoms with Crippen molar-refractivity contribution in [2.75, 3.05) is 14.2 Å². The lowest BCUT2D eigenvalue weighted by Crippen LogP contribution is -2.52. The summed E-state index contributed by atoms with van der Waals surface area (Å²) in [5.41, 5.74) is 2.43. The molecule has 1 fully saturated rings. The minimum Gasteiger partial charge on any atom is -0.377 e. The van der Waals surface area contributed by atoms with E-state index in [-0.39, 0.29) is 5.60 Å². The Labute approximate surface area is 129 Å². The Balaban J connectivity index is 2.12. The molecule has 0 aliphatic heterocycles. The molecule has 1 atom stereocenters. The zero-order chi connectivity index (χ0) is 15.1. The number of aromatic nitrogens is 1. The lowest BCUT2D eigenvalue weighted by Gasteiger charge is -2.39. The summed E-state index contributed by atoms with van der Waals surface area (Å²) >= 11 is 0. The second-order valence-electron chi connectivity index (χ2n) is 6.24. The molecule has 1 aromatic rings. The van der Waals surface area contributed by atoms with E-state index in [0.717, 1.165) is 31.4 Å². The van der Waals surface area contributed by atoms with Gasteiger partial charge in [-0.25, -0.2) is 0 Å². The first-order valence-corrected chi connectivity index (χ1v) is 8.40. The van der Waals surface area contributed by atoms with E-state index in [9.17, 15) is 0 Å². The third-order valence-electron chi connectivity index (χ3n) is 5.05.